The molecule has 2 aromatic carbocycles. The maximum atomic E-state index is 12.1. The van der Waals surface area contributed by atoms with Crippen molar-refractivity contribution in [2.45, 2.75) is 19.8 Å². The van der Waals surface area contributed by atoms with Gasteiger partial charge in [0.1, 0.15) is 0 Å². The number of hydrogen-bond acceptors (Lipinski definition) is 4. The van der Waals surface area contributed by atoms with Gasteiger partial charge in [-0.1, -0.05) is 18.2 Å². The highest BCUT2D eigenvalue weighted by Crippen LogP contribution is 2.15. The molecule has 0 aromatic heterocycles. The van der Waals surface area contributed by atoms with Crippen molar-refractivity contribution in [3.05, 3.63) is 54.1 Å². The van der Waals surface area contributed by atoms with Crippen LogP contribution in [0.4, 0.5) is 17.1 Å². The first-order valence-corrected chi connectivity index (χ1v) is 9.04. The van der Waals surface area contributed by atoms with Crippen molar-refractivity contribution in [2.75, 3.05) is 36.6 Å². The van der Waals surface area contributed by atoms with Gasteiger partial charge in [-0.25, -0.2) is 0 Å². The largest absolute Gasteiger partial charge is 0.376 e. The number of nitrogens with zero attached hydrogens (tertiary/aromatic N) is 1. The summed E-state index contributed by atoms with van der Waals surface area (Å²) in [5, 5.41) is 8.53. The van der Waals surface area contributed by atoms with Gasteiger partial charge in [-0.2, -0.15) is 0 Å². The van der Waals surface area contributed by atoms with E-state index in [4.69, 9.17) is 0 Å². The summed E-state index contributed by atoms with van der Waals surface area (Å²) in [6.07, 6.45) is 1.15. The van der Waals surface area contributed by atoms with Gasteiger partial charge in [0.2, 0.25) is 17.7 Å². The molecule has 148 valence electrons. The number of nitrogens with one attached hydrogen (secondary N) is 3. The third-order valence-electron chi connectivity index (χ3n) is 4.00. The Morgan fingerprint density at radius 2 is 1.54 bits per heavy atom. The molecule has 0 aliphatic heterocycles. The van der Waals surface area contributed by atoms with E-state index >= 15 is 0 Å². The summed E-state index contributed by atoms with van der Waals surface area (Å²) in [5.74, 6) is -0.262. The van der Waals surface area contributed by atoms with Crippen LogP contribution in [-0.4, -0.2) is 43.3 Å². The summed E-state index contributed by atoms with van der Waals surface area (Å²) >= 11 is 0. The van der Waals surface area contributed by atoms with Crippen molar-refractivity contribution >= 4 is 34.8 Å². The fourth-order valence-corrected chi connectivity index (χ4v) is 2.53. The van der Waals surface area contributed by atoms with Gasteiger partial charge in [0, 0.05) is 44.5 Å². The zero-order valence-electron chi connectivity index (χ0n) is 16.4. The molecule has 0 aliphatic carbocycles. The molecule has 7 heteroatoms. The molecule has 0 radical (unpaired) electrons. The van der Waals surface area contributed by atoms with Crippen LogP contribution in [0.25, 0.3) is 0 Å². The van der Waals surface area contributed by atoms with E-state index in [1.807, 2.05) is 24.3 Å². The van der Waals surface area contributed by atoms with Crippen LogP contribution in [-0.2, 0) is 20.8 Å². The van der Waals surface area contributed by atoms with Gasteiger partial charge in [-0.15, -0.1) is 0 Å². The van der Waals surface area contributed by atoms with Crippen molar-refractivity contribution in [2.24, 2.45) is 0 Å². The van der Waals surface area contributed by atoms with Crippen LogP contribution < -0.4 is 16.0 Å². The third-order valence-corrected chi connectivity index (χ3v) is 4.00. The average Bonchev–Trinajstić information content (AvgIpc) is 2.65. The Labute approximate surface area is 165 Å². The van der Waals surface area contributed by atoms with Crippen molar-refractivity contribution in [1.82, 2.24) is 4.90 Å². The molecule has 3 amide bonds. The summed E-state index contributed by atoms with van der Waals surface area (Å²) in [6, 6.07) is 14.6. The van der Waals surface area contributed by atoms with Crippen LogP contribution in [0.15, 0.2) is 48.5 Å². The fraction of sp³-hybridized carbons (Fsp3) is 0.286. The average molecular weight is 382 g/mol. The Morgan fingerprint density at radius 3 is 2.14 bits per heavy atom. The minimum Gasteiger partial charge on any atom is -0.376 e. The zero-order valence-corrected chi connectivity index (χ0v) is 16.4. The standard InChI is InChI=1S/C21H26N4O3/c1-15(26)23-18-5-4-6-19(13-18)24-20(27)14-22-17-10-7-16(8-11-17)9-12-21(28)25(2)3/h4-8,10-11,13,22H,9,12,14H2,1-3H3,(H,23,26)(H,24,27). The molecule has 0 fully saturated rings. The van der Waals surface area contributed by atoms with Crippen LogP contribution in [0.1, 0.15) is 18.9 Å². The maximum Gasteiger partial charge on any atom is 0.243 e. The van der Waals surface area contributed by atoms with E-state index in [1.54, 1.807) is 43.3 Å². The highest BCUT2D eigenvalue weighted by molar-refractivity contribution is 5.95. The molecule has 2 aromatic rings. The van der Waals surface area contributed by atoms with Crippen molar-refractivity contribution in [1.29, 1.82) is 0 Å². The van der Waals surface area contributed by atoms with E-state index in [9.17, 15) is 14.4 Å². The lowest BCUT2D eigenvalue weighted by Crippen LogP contribution is -2.22. The molecule has 0 atom stereocenters. The molecule has 0 bridgehead atoms. The molecule has 0 heterocycles. The second kappa shape index (κ2) is 10.1. The number of hydrogen-bond donors (Lipinski definition) is 3. The Hall–Kier alpha value is -3.35. The summed E-state index contributed by atoms with van der Waals surface area (Å²) in [6.45, 7) is 1.55. The summed E-state index contributed by atoms with van der Waals surface area (Å²) in [7, 11) is 3.49. The molecule has 7 nitrogen and oxygen atoms in total. The van der Waals surface area contributed by atoms with Gasteiger partial charge in [0.05, 0.1) is 6.54 Å². The van der Waals surface area contributed by atoms with Crippen molar-refractivity contribution in [3.8, 4) is 0 Å². The van der Waals surface area contributed by atoms with Crippen LogP contribution >= 0.6 is 0 Å². The number of benzene rings is 2. The highest BCUT2D eigenvalue weighted by atomic mass is 16.2. The molecular formula is C21H26N4O3. The molecule has 0 saturated carbocycles. The van der Waals surface area contributed by atoms with Gasteiger partial charge in [-0.05, 0) is 42.3 Å². The second-order valence-corrected chi connectivity index (χ2v) is 6.65. The quantitative estimate of drug-likeness (QED) is 0.655. The van der Waals surface area contributed by atoms with E-state index in [0.29, 0.717) is 24.2 Å². The fourth-order valence-electron chi connectivity index (χ4n) is 2.53. The normalized spacial score (nSPS) is 10.1. The number of carbonyl (C=O) groups is 3. The van der Waals surface area contributed by atoms with E-state index < -0.39 is 0 Å². The van der Waals surface area contributed by atoms with Crippen LogP contribution in [0.5, 0.6) is 0 Å². The van der Waals surface area contributed by atoms with Gasteiger partial charge in [-0.3, -0.25) is 14.4 Å². The Bertz CT molecular complexity index is 832. The molecule has 0 aliphatic rings. The van der Waals surface area contributed by atoms with Gasteiger partial charge in [0.25, 0.3) is 0 Å². The number of anilines is 3. The highest BCUT2D eigenvalue weighted by Gasteiger charge is 2.06. The topological polar surface area (TPSA) is 90.5 Å². The summed E-state index contributed by atoms with van der Waals surface area (Å²) in [5.41, 5.74) is 3.13. The molecule has 0 unspecified atom stereocenters. The lowest BCUT2D eigenvalue weighted by Gasteiger charge is -2.11. The predicted octanol–water partition coefficient (Wildman–Crippen LogP) is 2.72. The SMILES string of the molecule is CC(=O)Nc1cccc(NC(=O)CNc2ccc(CCC(=O)N(C)C)cc2)c1. The molecule has 0 saturated heterocycles. The van der Waals surface area contributed by atoms with Crippen LogP contribution in [0, 0.1) is 0 Å². The second-order valence-electron chi connectivity index (χ2n) is 6.65. The van der Waals surface area contributed by atoms with E-state index in [0.717, 1.165) is 11.3 Å². The summed E-state index contributed by atoms with van der Waals surface area (Å²) in [4.78, 5) is 36.4. The summed E-state index contributed by atoms with van der Waals surface area (Å²) < 4.78 is 0. The maximum absolute atomic E-state index is 12.1. The van der Waals surface area contributed by atoms with E-state index in [1.165, 1.54) is 6.92 Å². The van der Waals surface area contributed by atoms with Gasteiger partial charge >= 0.3 is 0 Å². The lowest BCUT2D eigenvalue weighted by molar-refractivity contribution is -0.128. The zero-order chi connectivity index (χ0) is 20.5. The first-order chi connectivity index (χ1) is 13.3. The number of rotatable bonds is 8. The van der Waals surface area contributed by atoms with Gasteiger partial charge < -0.3 is 20.9 Å². The number of aryl methyl sites for hydroxylation is 1. The Kier molecular flexibility index (Phi) is 7.56. The van der Waals surface area contributed by atoms with Crippen molar-refractivity contribution in [3.63, 3.8) is 0 Å². The number of carbonyl (C=O) groups excluding carboxylic acids is 3. The predicted molar refractivity (Wildman–Crippen MR) is 111 cm³/mol. The molecule has 3 N–H and O–H groups in total. The number of amides is 3. The van der Waals surface area contributed by atoms with E-state index in [-0.39, 0.29) is 24.3 Å². The molecule has 2 rings (SSSR count). The minimum atomic E-state index is -0.194. The Morgan fingerprint density at radius 1 is 0.893 bits per heavy atom. The third kappa shape index (κ3) is 7.11. The van der Waals surface area contributed by atoms with Gasteiger partial charge in [0.15, 0.2) is 0 Å². The lowest BCUT2D eigenvalue weighted by atomic mass is 10.1. The monoisotopic (exact) mass is 382 g/mol. The molecule has 28 heavy (non-hydrogen) atoms. The van der Waals surface area contributed by atoms with Crippen LogP contribution in [0.2, 0.25) is 0 Å². The first-order valence-electron chi connectivity index (χ1n) is 9.04. The molecular weight excluding hydrogens is 356 g/mol. The van der Waals surface area contributed by atoms with Crippen LogP contribution in [0.3, 0.4) is 0 Å². The minimum absolute atomic E-state index is 0.0986. The Balaban J connectivity index is 1.81. The van der Waals surface area contributed by atoms with E-state index in [2.05, 4.69) is 16.0 Å². The van der Waals surface area contributed by atoms with Crippen molar-refractivity contribution < 1.29 is 14.4 Å². The first kappa shape index (κ1) is 21.0. The smallest absolute Gasteiger partial charge is 0.243 e. The molecule has 0 spiro atoms.